The maximum Gasteiger partial charge on any atom is 0.230 e. The molecular formula is C13H11N3O2. The van der Waals surface area contributed by atoms with Gasteiger partial charge in [0.25, 0.3) is 0 Å². The normalized spacial score (nSPS) is 10.7. The van der Waals surface area contributed by atoms with E-state index in [0.29, 0.717) is 5.69 Å². The summed E-state index contributed by atoms with van der Waals surface area (Å²) in [5.74, 6) is 1.07. The Bertz CT molecular complexity index is 671. The molecule has 5 heteroatoms. The molecule has 18 heavy (non-hydrogen) atoms. The fourth-order valence-corrected chi connectivity index (χ4v) is 1.91. The second kappa shape index (κ2) is 4.03. The highest BCUT2D eigenvalue weighted by atomic mass is 16.5. The van der Waals surface area contributed by atoms with Gasteiger partial charge >= 0.3 is 0 Å². The quantitative estimate of drug-likeness (QED) is 0.746. The number of furan rings is 1. The Morgan fingerprint density at radius 1 is 1.17 bits per heavy atom. The average molecular weight is 241 g/mol. The molecular weight excluding hydrogens is 230 g/mol. The minimum absolute atomic E-state index is 0.289. The second-order valence-electron chi connectivity index (χ2n) is 3.90. The summed E-state index contributed by atoms with van der Waals surface area (Å²) in [5, 5.41) is 4.01. The molecule has 3 aromatic heterocycles. The van der Waals surface area contributed by atoms with Crippen molar-refractivity contribution in [2.24, 2.45) is 0 Å². The van der Waals surface area contributed by atoms with Gasteiger partial charge in [-0.25, -0.2) is 0 Å². The Labute approximate surface area is 103 Å². The van der Waals surface area contributed by atoms with Gasteiger partial charge in [-0.3, -0.25) is 4.98 Å². The standard InChI is InChI=1S/C13H11N3O2/c1-8-10(4-7-17-8)12-11(13(14)18-16-12)9-2-5-15-6-3-9/h2-7H,14H2,1H3. The number of aromatic nitrogens is 2. The van der Waals surface area contributed by atoms with E-state index >= 15 is 0 Å². The number of anilines is 1. The van der Waals surface area contributed by atoms with Crippen LogP contribution in [0.1, 0.15) is 5.76 Å². The molecule has 0 atom stereocenters. The van der Waals surface area contributed by atoms with Crippen LogP contribution in [-0.4, -0.2) is 10.1 Å². The van der Waals surface area contributed by atoms with Crippen molar-refractivity contribution >= 4 is 5.88 Å². The fraction of sp³-hybridized carbons (Fsp3) is 0.0769. The number of rotatable bonds is 2. The first-order chi connectivity index (χ1) is 8.77. The van der Waals surface area contributed by atoms with Crippen LogP contribution in [0, 0.1) is 6.92 Å². The number of aryl methyl sites for hydroxylation is 1. The lowest BCUT2D eigenvalue weighted by molar-refractivity contribution is 0.439. The maximum absolute atomic E-state index is 5.85. The predicted molar refractivity (Wildman–Crippen MR) is 66.6 cm³/mol. The smallest absolute Gasteiger partial charge is 0.230 e. The number of hydrogen-bond acceptors (Lipinski definition) is 5. The van der Waals surface area contributed by atoms with Gasteiger partial charge in [0.1, 0.15) is 11.5 Å². The van der Waals surface area contributed by atoms with E-state index in [1.165, 1.54) is 0 Å². The Balaban J connectivity index is 2.22. The van der Waals surface area contributed by atoms with E-state index in [1.807, 2.05) is 25.1 Å². The number of pyridine rings is 1. The lowest BCUT2D eigenvalue weighted by Gasteiger charge is -2.00. The van der Waals surface area contributed by atoms with Crippen molar-refractivity contribution in [2.75, 3.05) is 5.73 Å². The van der Waals surface area contributed by atoms with E-state index in [4.69, 9.17) is 14.7 Å². The topological polar surface area (TPSA) is 78.1 Å². The highest BCUT2D eigenvalue weighted by Crippen LogP contribution is 2.37. The van der Waals surface area contributed by atoms with Gasteiger partial charge in [-0.1, -0.05) is 5.16 Å². The van der Waals surface area contributed by atoms with Crippen molar-refractivity contribution in [3.8, 4) is 22.4 Å². The molecule has 3 heterocycles. The Hall–Kier alpha value is -2.56. The highest BCUT2D eigenvalue weighted by molar-refractivity contribution is 5.87. The summed E-state index contributed by atoms with van der Waals surface area (Å²) >= 11 is 0. The Morgan fingerprint density at radius 3 is 2.61 bits per heavy atom. The fourth-order valence-electron chi connectivity index (χ4n) is 1.91. The van der Waals surface area contributed by atoms with Gasteiger partial charge in [-0.05, 0) is 30.7 Å². The molecule has 0 amide bonds. The van der Waals surface area contributed by atoms with E-state index < -0.39 is 0 Å². The monoisotopic (exact) mass is 241 g/mol. The first kappa shape index (κ1) is 10.6. The highest BCUT2D eigenvalue weighted by Gasteiger charge is 2.19. The van der Waals surface area contributed by atoms with E-state index in [9.17, 15) is 0 Å². The van der Waals surface area contributed by atoms with Crippen molar-refractivity contribution in [3.05, 3.63) is 42.6 Å². The summed E-state index contributed by atoms with van der Waals surface area (Å²) in [5.41, 5.74) is 9.09. The van der Waals surface area contributed by atoms with Crippen LogP contribution in [0.2, 0.25) is 0 Å². The molecule has 5 nitrogen and oxygen atoms in total. The van der Waals surface area contributed by atoms with Crippen LogP contribution in [0.25, 0.3) is 22.4 Å². The number of nitrogens with zero attached hydrogens (tertiary/aromatic N) is 2. The SMILES string of the molecule is Cc1occc1-c1noc(N)c1-c1ccncc1. The minimum atomic E-state index is 0.289. The first-order valence-electron chi connectivity index (χ1n) is 5.47. The molecule has 0 bridgehead atoms. The van der Waals surface area contributed by atoms with Crippen molar-refractivity contribution in [1.82, 2.24) is 10.1 Å². The molecule has 0 spiro atoms. The van der Waals surface area contributed by atoms with Gasteiger partial charge < -0.3 is 14.7 Å². The zero-order valence-electron chi connectivity index (χ0n) is 9.75. The molecule has 0 fully saturated rings. The molecule has 3 rings (SSSR count). The molecule has 90 valence electrons. The zero-order chi connectivity index (χ0) is 12.5. The van der Waals surface area contributed by atoms with Crippen LogP contribution in [0.4, 0.5) is 5.88 Å². The molecule has 3 aromatic rings. The maximum atomic E-state index is 5.85. The van der Waals surface area contributed by atoms with E-state index in [-0.39, 0.29) is 5.88 Å². The van der Waals surface area contributed by atoms with Crippen LogP contribution in [0.15, 0.2) is 45.8 Å². The van der Waals surface area contributed by atoms with Crippen molar-refractivity contribution in [1.29, 1.82) is 0 Å². The number of nitrogens with two attached hydrogens (primary N) is 1. The molecule has 0 unspecified atom stereocenters. The van der Waals surface area contributed by atoms with Gasteiger partial charge in [0, 0.05) is 18.0 Å². The van der Waals surface area contributed by atoms with Crippen LogP contribution in [0.3, 0.4) is 0 Å². The van der Waals surface area contributed by atoms with E-state index in [0.717, 1.165) is 22.5 Å². The van der Waals surface area contributed by atoms with Gasteiger partial charge in [0.2, 0.25) is 5.88 Å². The third-order valence-electron chi connectivity index (χ3n) is 2.80. The summed E-state index contributed by atoms with van der Waals surface area (Å²) in [4.78, 5) is 3.98. The molecule has 0 aliphatic rings. The van der Waals surface area contributed by atoms with Crippen molar-refractivity contribution in [3.63, 3.8) is 0 Å². The van der Waals surface area contributed by atoms with Crippen LogP contribution in [0.5, 0.6) is 0 Å². The summed E-state index contributed by atoms with van der Waals surface area (Å²) < 4.78 is 10.4. The summed E-state index contributed by atoms with van der Waals surface area (Å²) in [6.07, 6.45) is 5.02. The predicted octanol–water partition coefficient (Wildman–Crippen LogP) is 2.89. The first-order valence-corrected chi connectivity index (χ1v) is 5.47. The molecule has 0 saturated heterocycles. The summed E-state index contributed by atoms with van der Waals surface area (Å²) in [7, 11) is 0. The summed E-state index contributed by atoms with van der Waals surface area (Å²) in [6, 6.07) is 5.57. The number of nitrogen functional groups attached to an aromatic ring is 1. The third-order valence-corrected chi connectivity index (χ3v) is 2.80. The van der Waals surface area contributed by atoms with Gasteiger partial charge in [-0.2, -0.15) is 0 Å². The Morgan fingerprint density at radius 2 is 1.94 bits per heavy atom. The largest absolute Gasteiger partial charge is 0.469 e. The van der Waals surface area contributed by atoms with Crippen LogP contribution in [-0.2, 0) is 0 Å². The molecule has 2 N–H and O–H groups in total. The average Bonchev–Trinajstić information content (AvgIpc) is 2.96. The molecule has 0 aromatic carbocycles. The molecule has 0 saturated carbocycles. The van der Waals surface area contributed by atoms with E-state index in [2.05, 4.69) is 10.1 Å². The van der Waals surface area contributed by atoms with Gasteiger partial charge in [0.15, 0.2) is 0 Å². The van der Waals surface area contributed by atoms with Gasteiger partial charge in [0.05, 0.1) is 11.8 Å². The van der Waals surface area contributed by atoms with Gasteiger partial charge in [-0.15, -0.1) is 0 Å². The van der Waals surface area contributed by atoms with Crippen molar-refractivity contribution in [2.45, 2.75) is 6.92 Å². The van der Waals surface area contributed by atoms with Crippen LogP contribution >= 0.6 is 0 Å². The lowest BCUT2D eigenvalue weighted by atomic mass is 10.0. The van der Waals surface area contributed by atoms with E-state index in [1.54, 1.807) is 18.7 Å². The molecule has 0 radical (unpaired) electrons. The molecule has 0 aliphatic carbocycles. The van der Waals surface area contributed by atoms with Crippen molar-refractivity contribution < 1.29 is 8.94 Å². The summed E-state index contributed by atoms with van der Waals surface area (Å²) in [6.45, 7) is 1.87. The number of hydrogen-bond donors (Lipinski definition) is 1. The minimum Gasteiger partial charge on any atom is -0.469 e. The second-order valence-corrected chi connectivity index (χ2v) is 3.90. The third kappa shape index (κ3) is 1.57. The van der Waals surface area contributed by atoms with Crippen LogP contribution < -0.4 is 5.73 Å². The molecule has 0 aliphatic heterocycles. The lowest BCUT2D eigenvalue weighted by Crippen LogP contribution is -1.88. The Kier molecular flexibility index (Phi) is 2.37. The zero-order valence-corrected chi connectivity index (χ0v) is 9.75.